The van der Waals surface area contributed by atoms with Crippen molar-refractivity contribution in [3.8, 4) is 0 Å². The molecule has 0 saturated heterocycles. The molecule has 0 aliphatic rings. The normalized spacial score (nSPS) is 11.2. The van der Waals surface area contributed by atoms with Gasteiger partial charge in [-0.2, -0.15) is 13.2 Å². The highest BCUT2D eigenvalue weighted by molar-refractivity contribution is 6.10. The maximum Gasteiger partial charge on any atom is 0.454 e. The Morgan fingerprint density at radius 1 is 0.867 bits per heavy atom. The Hall–Kier alpha value is -4.22. The van der Waals surface area contributed by atoms with E-state index in [0.717, 1.165) is 35.3 Å². The average molecular weight is 420 g/mol. The number of nitrogens with one attached hydrogen (secondary N) is 2. The largest absolute Gasteiger partial charge is 0.454 e. The number of benzene rings is 2. The molecule has 154 valence electrons. The first-order valence-electron chi connectivity index (χ1n) is 8.16. The van der Waals surface area contributed by atoms with Gasteiger partial charge in [0.05, 0.1) is 26.4 Å². The van der Waals surface area contributed by atoms with Gasteiger partial charge >= 0.3 is 6.18 Å². The van der Waals surface area contributed by atoms with Crippen LogP contribution in [0.1, 0.15) is 10.4 Å². The maximum absolute atomic E-state index is 12.3. The Morgan fingerprint density at radius 2 is 1.47 bits per heavy atom. The van der Waals surface area contributed by atoms with E-state index in [1.807, 2.05) is 6.07 Å². The molecule has 0 radical (unpaired) electrons. The Bertz CT molecular complexity index is 1280. The minimum absolute atomic E-state index is 0.00271. The van der Waals surface area contributed by atoms with Crippen molar-refractivity contribution in [2.45, 2.75) is 6.18 Å². The van der Waals surface area contributed by atoms with Gasteiger partial charge in [0.15, 0.2) is 0 Å². The molecule has 0 spiro atoms. The molecule has 0 saturated carbocycles. The molecule has 0 atom stereocenters. The zero-order valence-electron chi connectivity index (χ0n) is 14.8. The molecular formula is C18H11F3N4O5. The van der Waals surface area contributed by atoms with Gasteiger partial charge in [0.2, 0.25) is 0 Å². The first-order valence-corrected chi connectivity index (χ1v) is 8.16. The van der Waals surface area contributed by atoms with Crippen molar-refractivity contribution in [3.05, 3.63) is 80.7 Å². The van der Waals surface area contributed by atoms with Crippen LogP contribution in [0.15, 0.2) is 54.9 Å². The highest BCUT2D eigenvalue weighted by Crippen LogP contribution is 2.28. The average Bonchev–Trinajstić information content (AvgIpc) is 3.32. The summed E-state index contributed by atoms with van der Waals surface area (Å²) < 4.78 is 36.8. The van der Waals surface area contributed by atoms with Crippen LogP contribution in [0.25, 0.3) is 21.8 Å². The number of nitro groups is 2. The van der Waals surface area contributed by atoms with Crippen LogP contribution in [0.3, 0.4) is 0 Å². The molecule has 2 aromatic heterocycles. The van der Waals surface area contributed by atoms with Gasteiger partial charge in [-0.1, -0.05) is 0 Å². The van der Waals surface area contributed by atoms with Gasteiger partial charge < -0.3 is 9.97 Å². The van der Waals surface area contributed by atoms with Crippen LogP contribution in [0.4, 0.5) is 24.5 Å². The summed E-state index contributed by atoms with van der Waals surface area (Å²) in [5, 5.41) is 21.8. The quantitative estimate of drug-likeness (QED) is 0.276. The lowest BCUT2D eigenvalue weighted by molar-refractivity contribution is -0.384. The monoisotopic (exact) mass is 420 g/mol. The van der Waals surface area contributed by atoms with Crippen molar-refractivity contribution in [1.29, 1.82) is 0 Å². The molecular weight excluding hydrogens is 409 g/mol. The summed E-state index contributed by atoms with van der Waals surface area (Å²) in [6.07, 6.45) is -2.32. The number of fused-ring (bicyclic) bond motifs is 2. The SMILES string of the molecule is O=C(c1c[nH]c2cc([N+](=O)[O-])ccc12)C(F)(F)F.O=[N+]([O-])c1ccc2cc[nH]c2c1. The van der Waals surface area contributed by atoms with Gasteiger partial charge in [-0.15, -0.1) is 0 Å². The predicted molar refractivity (Wildman–Crippen MR) is 100 cm³/mol. The fourth-order valence-electron chi connectivity index (χ4n) is 2.72. The van der Waals surface area contributed by atoms with E-state index in [-0.39, 0.29) is 22.3 Å². The molecule has 2 N–H and O–H groups in total. The van der Waals surface area contributed by atoms with E-state index in [0.29, 0.717) is 0 Å². The lowest BCUT2D eigenvalue weighted by Crippen LogP contribution is -2.22. The van der Waals surface area contributed by atoms with Gasteiger partial charge in [0.1, 0.15) is 0 Å². The molecule has 4 rings (SSSR count). The minimum atomic E-state index is -4.98. The molecule has 0 bridgehead atoms. The van der Waals surface area contributed by atoms with Crippen molar-refractivity contribution in [2.75, 3.05) is 0 Å². The topological polar surface area (TPSA) is 135 Å². The summed E-state index contributed by atoms with van der Waals surface area (Å²) in [6.45, 7) is 0. The fraction of sp³-hybridized carbons (Fsp3) is 0.0556. The van der Waals surface area contributed by atoms with E-state index in [9.17, 15) is 38.2 Å². The van der Waals surface area contributed by atoms with E-state index in [2.05, 4.69) is 9.97 Å². The number of hydrogen-bond donors (Lipinski definition) is 2. The zero-order valence-corrected chi connectivity index (χ0v) is 14.8. The zero-order chi connectivity index (χ0) is 22.1. The van der Waals surface area contributed by atoms with Crippen LogP contribution >= 0.6 is 0 Å². The Labute approximate surface area is 164 Å². The molecule has 4 aromatic rings. The summed E-state index contributed by atoms with van der Waals surface area (Å²) in [5.41, 5.74) is 0.203. The summed E-state index contributed by atoms with van der Waals surface area (Å²) in [5.74, 6) is -1.98. The highest BCUT2D eigenvalue weighted by Gasteiger charge is 2.40. The number of aromatic amines is 2. The number of halogens is 3. The summed E-state index contributed by atoms with van der Waals surface area (Å²) in [7, 11) is 0. The van der Waals surface area contributed by atoms with Crippen molar-refractivity contribution in [2.24, 2.45) is 0 Å². The van der Waals surface area contributed by atoms with Crippen LogP contribution in [0.5, 0.6) is 0 Å². The second-order valence-corrected chi connectivity index (χ2v) is 6.02. The molecule has 0 amide bonds. The molecule has 0 unspecified atom stereocenters. The second-order valence-electron chi connectivity index (χ2n) is 6.02. The number of rotatable bonds is 3. The van der Waals surface area contributed by atoms with E-state index >= 15 is 0 Å². The third-order valence-electron chi connectivity index (χ3n) is 4.13. The van der Waals surface area contributed by atoms with E-state index in [4.69, 9.17) is 0 Å². The number of nitro benzene ring substituents is 2. The van der Waals surface area contributed by atoms with Crippen molar-refractivity contribution < 1.29 is 27.8 Å². The summed E-state index contributed by atoms with van der Waals surface area (Å²) in [4.78, 5) is 36.2. The number of alkyl halides is 3. The molecule has 0 aliphatic heterocycles. The second kappa shape index (κ2) is 7.66. The minimum Gasteiger partial charge on any atom is -0.361 e. The molecule has 12 heteroatoms. The third kappa shape index (κ3) is 4.11. The molecule has 30 heavy (non-hydrogen) atoms. The Kier molecular flexibility index (Phi) is 5.24. The number of nitrogens with zero attached hydrogens (tertiary/aromatic N) is 2. The Morgan fingerprint density at radius 3 is 2.07 bits per heavy atom. The van der Waals surface area contributed by atoms with Gasteiger partial charge in [-0.05, 0) is 23.6 Å². The number of H-pyrrole nitrogens is 2. The first kappa shape index (κ1) is 20.5. The number of aromatic nitrogens is 2. The van der Waals surface area contributed by atoms with Crippen LogP contribution < -0.4 is 0 Å². The number of ketones is 1. The molecule has 2 aromatic carbocycles. The Balaban J connectivity index is 0.000000184. The number of non-ortho nitro benzene ring substituents is 2. The lowest BCUT2D eigenvalue weighted by Gasteiger charge is -2.03. The molecule has 0 fully saturated rings. The van der Waals surface area contributed by atoms with Gasteiger partial charge in [-0.3, -0.25) is 25.0 Å². The number of carbonyl (C=O) groups excluding carboxylic acids is 1. The maximum atomic E-state index is 12.3. The molecule has 0 aliphatic carbocycles. The highest BCUT2D eigenvalue weighted by atomic mass is 19.4. The van der Waals surface area contributed by atoms with Gasteiger partial charge in [0.25, 0.3) is 17.2 Å². The van der Waals surface area contributed by atoms with Crippen LogP contribution in [0.2, 0.25) is 0 Å². The van der Waals surface area contributed by atoms with Gasteiger partial charge in [-0.25, -0.2) is 0 Å². The summed E-state index contributed by atoms with van der Waals surface area (Å²) in [6, 6.07) is 9.85. The number of carbonyl (C=O) groups is 1. The fourth-order valence-corrected chi connectivity index (χ4v) is 2.72. The summed E-state index contributed by atoms with van der Waals surface area (Å²) >= 11 is 0. The number of hydrogen-bond acceptors (Lipinski definition) is 5. The third-order valence-corrected chi connectivity index (χ3v) is 4.13. The van der Waals surface area contributed by atoms with E-state index < -0.39 is 27.4 Å². The van der Waals surface area contributed by atoms with E-state index in [1.54, 1.807) is 12.3 Å². The first-order chi connectivity index (χ1) is 14.1. The van der Waals surface area contributed by atoms with Crippen molar-refractivity contribution >= 4 is 39.0 Å². The van der Waals surface area contributed by atoms with Crippen molar-refractivity contribution in [3.63, 3.8) is 0 Å². The standard InChI is InChI=1S/C10H5F3N2O3.C8H6N2O2/c11-10(12,13)9(16)7-4-14-8-3-5(15(17)18)1-2-6(7)8;11-10(12)7-2-1-6-3-4-9-8(6)5-7/h1-4,14H;1-5,9H. The lowest BCUT2D eigenvalue weighted by atomic mass is 10.1. The smallest absolute Gasteiger partial charge is 0.361 e. The van der Waals surface area contributed by atoms with Crippen LogP contribution in [-0.4, -0.2) is 31.8 Å². The van der Waals surface area contributed by atoms with Crippen LogP contribution in [-0.2, 0) is 0 Å². The van der Waals surface area contributed by atoms with E-state index in [1.165, 1.54) is 12.1 Å². The van der Waals surface area contributed by atoms with Gasteiger partial charge in [0, 0.05) is 42.0 Å². The number of Topliss-reactive ketones (excluding diaryl/α,β-unsaturated/α-hetero) is 1. The molecule has 9 nitrogen and oxygen atoms in total. The molecule has 2 heterocycles. The van der Waals surface area contributed by atoms with Crippen molar-refractivity contribution in [1.82, 2.24) is 9.97 Å². The predicted octanol–water partition coefficient (Wildman–Crippen LogP) is 4.90. The van der Waals surface area contributed by atoms with Crippen LogP contribution in [0, 0.1) is 20.2 Å².